The van der Waals surface area contributed by atoms with Crippen molar-refractivity contribution < 1.29 is 4.46 Å². The van der Waals surface area contributed by atoms with Gasteiger partial charge in [-0.1, -0.05) is 0 Å². The van der Waals surface area contributed by atoms with Crippen LogP contribution in [0.1, 0.15) is 0 Å². The molecule has 1 aliphatic heterocycles. The molecule has 34 valence electrons. The van der Waals surface area contributed by atoms with Crippen LogP contribution in [0.5, 0.6) is 0 Å². The summed E-state index contributed by atoms with van der Waals surface area (Å²) in [6.45, 7) is 1.72. The molecule has 1 heterocycles. The van der Waals surface area contributed by atoms with Gasteiger partial charge in [0, 0.05) is 13.1 Å². The minimum absolute atomic E-state index is 0.859. The van der Waals surface area contributed by atoms with Crippen LogP contribution in [-0.2, 0) is 4.46 Å². The molecule has 0 amide bonds. The summed E-state index contributed by atoms with van der Waals surface area (Å²) in [6, 6.07) is 0. The van der Waals surface area contributed by atoms with E-state index in [1.807, 2.05) is 0 Å². The van der Waals surface area contributed by atoms with Crippen LogP contribution in [0.4, 0.5) is 0 Å². The molecule has 1 rings (SSSR count). The molecule has 0 spiro atoms. The van der Waals surface area contributed by atoms with Crippen LogP contribution in [0.2, 0.25) is 0 Å². The Bertz CT molecular complexity index is 65.9. The Balaban J connectivity index is 2.37. The van der Waals surface area contributed by atoms with Gasteiger partial charge < -0.3 is 14.4 Å². The molecule has 0 aromatic rings. The Hall–Kier alpha value is -0.383. The summed E-state index contributed by atoms with van der Waals surface area (Å²) in [6.07, 6.45) is 0. The van der Waals surface area contributed by atoms with Crippen molar-refractivity contribution in [1.29, 1.82) is 0 Å². The molecule has 0 bridgehead atoms. The lowest BCUT2D eigenvalue weighted by Gasteiger charge is -1.76. The highest BCUT2D eigenvalue weighted by molar-refractivity contribution is 6.37. The van der Waals surface area contributed by atoms with E-state index in [0.717, 1.165) is 13.1 Å². The lowest BCUT2D eigenvalue weighted by atomic mass is 10.7. The summed E-state index contributed by atoms with van der Waals surface area (Å²) in [5, 5.41) is 0. The third-order valence-electron chi connectivity index (χ3n) is 0.696. The minimum atomic E-state index is -1.51. The van der Waals surface area contributed by atoms with Crippen molar-refractivity contribution in [1.82, 2.24) is 9.96 Å². The first-order valence-corrected chi connectivity index (χ1v) is 3.32. The monoisotopic (exact) mass is 102 g/mol. The van der Waals surface area contributed by atoms with Crippen LogP contribution in [-0.4, -0.2) is 22.1 Å². The quantitative estimate of drug-likeness (QED) is 0.369. The fraction of sp³-hybridized carbons (Fsp3) is 1.00. The van der Waals surface area contributed by atoms with Crippen LogP contribution < -0.4 is 9.96 Å². The Labute approximate surface area is 37.6 Å². The molecule has 0 aliphatic carbocycles. The molecule has 0 saturated carbocycles. The largest absolute Gasteiger partial charge is 0.515 e. The zero-order valence-electron chi connectivity index (χ0n) is 3.32. The highest BCUT2D eigenvalue weighted by Crippen LogP contribution is 1.64. The lowest BCUT2D eigenvalue weighted by Crippen LogP contribution is -2.26. The summed E-state index contributed by atoms with van der Waals surface area (Å²) >= 11 is 0. The van der Waals surface area contributed by atoms with E-state index < -0.39 is 9.01 Å². The van der Waals surface area contributed by atoms with Gasteiger partial charge in [-0.3, -0.25) is 0 Å². The Morgan fingerprint density at radius 2 is 1.83 bits per heavy atom. The molecular weight excluding hydrogens is 96.1 g/mol. The first-order valence-electron chi connectivity index (χ1n) is 1.91. The van der Waals surface area contributed by atoms with E-state index in [9.17, 15) is 4.46 Å². The van der Waals surface area contributed by atoms with Gasteiger partial charge in [0.2, 0.25) is 0 Å². The zero-order valence-corrected chi connectivity index (χ0v) is 4.32. The van der Waals surface area contributed by atoms with Gasteiger partial charge >= 0.3 is 9.01 Å². The smallest absolute Gasteiger partial charge is 0.372 e. The van der Waals surface area contributed by atoms with E-state index in [1.165, 1.54) is 0 Å². The molecule has 3 nitrogen and oxygen atoms in total. The number of nitrogens with one attached hydrogen (secondary N) is 2. The summed E-state index contributed by atoms with van der Waals surface area (Å²) in [5.41, 5.74) is 0. The van der Waals surface area contributed by atoms with Gasteiger partial charge in [0.25, 0.3) is 0 Å². The lowest BCUT2D eigenvalue weighted by molar-refractivity contribution is 0.551. The van der Waals surface area contributed by atoms with Gasteiger partial charge in [0.05, 0.1) is 0 Å². The van der Waals surface area contributed by atoms with E-state index in [0.29, 0.717) is 0 Å². The van der Waals surface area contributed by atoms with Gasteiger partial charge in [-0.2, -0.15) is 0 Å². The topological polar surface area (TPSA) is 41.1 Å². The first kappa shape index (κ1) is 3.79. The third kappa shape index (κ3) is 0.566. The summed E-state index contributed by atoms with van der Waals surface area (Å²) < 4.78 is 10.2. The predicted octanol–water partition coefficient (Wildman–Crippen LogP) is -1.41. The maximum atomic E-state index is 10.2. The zero-order chi connectivity index (χ0) is 4.41. The second-order valence-electron chi connectivity index (χ2n) is 1.18. The molecule has 6 heavy (non-hydrogen) atoms. The Morgan fingerprint density at radius 1 is 1.33 bits per heavy atom. The maximum Gasteiger partial charge on any atom is 0.515 e. The molecule has 1 fully saturated rings. The highest BCUT2D eigenvalue weighted by Gasteiger charge is 2.07. The summed E-state index contributed by atoms with van der Waals surface area (Å²) in [7, 11) is -1.51. The van der Waals surface area contributed by atoms with Crippen molar-refractivity contribution >= 4 is 9.01 Å². The molecule has 4 heteroatoms. The summed E-state index contributed by atoms with van der Waals surface area (Å²) in [5.74, 6) is 0. The van der Waals surface area contributed by atoms with Crippen LogP contribution in [0.25, 0.3) is 0 Å². The van der Waals surface area contributed by atoms with Crippen molar-refractivity contribution in [3.8, 4) is 0 Å². The molecule has 0 aromatic carbocycles. The highest BCUT2D eigenvalue weighted by atomic mass is 28.3. The fourth-order valence-corrected chi connectivity index (χ4v) is 1.24. The van der Waals surface area contributed by atoms with E-state index in [2.05, 4.69) is 9.96 Å². The van der Waals surface area contributed by atoms with Gasteiger partial charge in [0.1, 0.15) is 0 Å². The maximum absolute atomic E-state index is 10.2. The Morgan fingerprint density at radius 3 is 2.00 bits per heavy atom. The van der Waals surface area contributed by atoms with Crippen molar-refractivity contribution in [3.63, 3.8) is 0 Å². The SMILES string of the molecule is O=[Si]1NCCN1. The van der Waals surface area contributed by atoms with Gasteiger partial charge in [-0.05, 0) is 0 Å². The van der Waals surface area contributed by atoms with E-state index in [4.69, 9.17) is 0 Å². The van der Waals surface area contributed by atoms with Crippen molar-refractivity contribution in [2.45, 2.75) is 0 Å². The van der Waals surface area contributed by atoms with E-state index in [1.54, 1.807) is 0 Å². The average molecular weight is 102 g/mol. The van der Waals surface area contributed by atoms with Gasteiger partial charge in [-0.25, -0.2) is 0 Å². The predicted molar refractivity (Wildman–Crippen MR) is 22.4 cm³/mol. The Kier molecular flexibility index (Phi) is 0.872. The molecule has 1 saturated heterocycles. The average Bonchev–Trinajstić information content (AvgIpc) is 1.86. The number of rotatable bonds is 0. The number of hydrogen-bond donors (Lipinski definition) is 2. The van der Waals surface area contributed by atoms with Crippen molar-refractivity contribution in [3.05, 3.63) is 0 Å². The fourth-order valence-electron chi connectivity index (χ4n) is 0.415. The van der Waals surface area contributed by atoms with Crippen molar-refractivity contribution in [2.75, 3.05) is 13.1 Å². The second-order valence-corrected chi connectivity index (χ2v) is 2.55. The van der Waals surface area contributed by atoms with Crippen LogP contribution in [0, 0.1) is 0 Å². The molecule has 2 N–H and O–H groups in total. The molecule has 0 radical (unpaired) electrons. The van der Waals surface area contributed by atoms with Crippen LogP contribution in [0.3, 0.4) is 0 Å². The molecule has 0 aromatic heterocycles. The number of hydrogen-bond acceptors (Lipinski definition) is 1. The van der Waals surface area contributed by atoms with Gasteiger partial charge in [-0.15, -0.1) is 0 Å². The molecule has 0 unspecified atom stereocenters. The molecule has 0 atom stereocenters. The standard InChI is InChI=1S/C2H6N2OSi/c5-6-3-1-2-4-6/h3-4H,1-2H2. The van der Waals surface area contributed by atoms with Crippen LogP contribution in [0.15, 0.2) is 0 Å². The first-order chi connectivity index (χ1) is 2.89. The minimum Gasteiger partial charge on any atom is -0.372 e. The van der Waals surface area contributed by atoms with Crippen molar-refractivity contribution in [2.24, 2.45) is 0 Å². The van der Waals surface area contributed by atoms with E-state index >= 15 is 0 Å². The second kappa shape index (κ2) is 1.38. The van der Waals surface area contributed by atoms with Crippen LogP contribution >= 0.6 is 0 Å². The molecule has 1 aliphatic rings. The van der Waals surface area contributed by atoms with E-state index in [-0.39, 0.29) is 0 Å². The summed E-state index contributed by atoms with van der Waals surface area (Å²) in [4.78, 5) is 5.51. The normalized spacial score (nSPS) is 19.7. The molecular formula is C2H6N2OSi. The third-order valence-corrected chi connectivity index (χ3v) is 1.84. The van der Waals surface area contributed by atoms with Gasteiger partial charge in [0.15, 0.2) is 0 Å².